The Kier molecular flexibility index (Phi) is 5.65. The Hall–Kier alpha value is -1.59. The highest BCUT2D eigenvalue weighted by atomic mass is 16.4. The van der Waals surface area contributed by atoms with Gasteiger partial charge in [0.1, 0.15) is 0 Å². The number of carboxylic acids is 1. The summed E-state index contributed by atoms with van der Waals surface area (Å²) in [6.45, 7) is 7.44. The van der Waals surface area contributed by atoms with Crippen molar-refractivity contribution in [1.29, 1.82) is 0 Å². The second-order valence-corrected chi connectivity index (χ2v) is 6.94. The number of amides is 2. The van der Waals surface area contributed by atoms with Crippen molar-refractivity contribution in [3.63, 3.8) is 0 Å². The average Bonchev–Trinajstić information content (AvgIpc) is 2.94. The number of hydrogen-bond donors (Lipinski definition) is 1. The van der Waals surface area contributed by atoms with Crippen LogP contribution in [0.4, 0.5) is 0 Å². The summed E-state index contributed by atoms with van der Waals surface area (Å²) >= 11 is 0. The largest absolute Gasteiger partial charge is 0.481 e. The molecule has 1 N–H and O–H groups in total. The molecule has 2 rings (SSSR count). The first-order valence-corrected chi connectivity index (χ1v) is 8.68. The Bertz CT molecular complexity index is 479. The number of carbonyl (C=O) groups excluding carboxylic acids is 2. The number of piperidine rings is 1. The first-order valence-electron chi connectivity index (χ1n) is 8.68. The molecule has 2 fully saturated rings. The van der Waals surface area contributed by atoms with Crippen LogP contribution in [0.3, 0.4) is 0 Å². The smallest absolute Gasteiger partial charge is 0.308 e. The molecule has 0 aromatic carbocycles. The molecule has 2 aliphatic rings. The molecule has 2 heterocycles. The third-order valence-electron chi connectivity index (χ3n) is 5.47. The van der Waals surface area contributed by atoms with E-state index in [0.717, 1.165) is 25.8 Å². The molecule has 2 aliphatic heterocycles. The highest BCUT2D eigenvalue weighted by molar-refractivity contribution is 5.83. The summed E-state index contributed by atoms with van der Waals surface area (Å²) in [6, 6.07) is -0.263. The van der Waals surface area contributed by atoms with Gasteiger partial charge in [0.15, 0.2) is 0 Å². The molecule has 6 heteroatoms. The van der Waals surface area contributed by atoms with Crippen LogP contribution in [0.5, 0.6) is 0 Å². The van der Waals surface area contributed by atoms with Crippen LogP contribution in [-0.4, -0.2) is 58.4 Å². The molecule has 0 aliphatic carbocycles. The van der Waals surface area contributed by atoms with Crippen molar-refractivity contribution in [3.8, 4) is 0 Å². The third-order valence-corrected chi connectivity index (χ3v) is 5.47. The summed E-state index contributed by atoms with van der Waals surface area (Å²) in [7, 11) is 0. The van der Waals surface area contributed by atoms with E-state index in [1.165, 1.54) is 0 Å². The predicted octanol–water partition coefficient (Wildman–Crippen LogP) is 1.59. The molecule has 130 valence electrons. The zero-order chi connectivity index (χ0) is 17.1. The molecule has 6 nitrogen and oxygen atoms in total. The van der Waals surface area contributed by atoms with Crippen molar-refractivity contribution in [2.75, 3.05) is 19.6 Å². The molecule has 2 amide bonds. The second-order valence-electron chi connectivity index (χ2n) is 6.94. The Labute approximate surface area is 137 Å². The monoisotopic (exact) mass is 324 g/mol. The fraction of sp³-hybridized carbons (Fsp3) is 0.824. The highest BCUT2D eigenvalue weighted by Gasteiger charge is 2.41. The van der Waals surface area contributed by atoms with Gasteiger partial charge in [0, 0.05) is 31.6 Å². The first-order chi connectivity index (χ1) is 10.9. The van der Waals surface area contributed by atoms with E-state index < -0.39 is 11.9 Å². The summed E-state index contributed by atoms with van der Waals surface area (Å²) < 4.78 is 0. The van der Waals surface area contributed by atoms with Crippen LogP contribution in [0, 0.1) is 17.8 Å². The van der Waals surface area contributed by atoms with E-state index in [2.05, 4.69) is 0 Å². The number of carbonyl (C=O) groups is 3. The lowest BCUT2D eigenvalue weighted by Crippen LogP contribution is -2.49. The van der Waals surface area contributed by atoms with Gasteiger partial charge in [-0.05, 0) is 32.6 Å². The topological polar surface area (TPSA) is 77.9 Å². The maximum atomic E-state index is 12.8. The number of nitrogens with zero attached hydrogens (tertiary/aromatic N) is 2. The van der Waals surface area contributed by atoms with Crippen LogP contribution < -0.4 is 0 Å². The molecule has 0 radical (unpaired) electrons. The number of likely N-dealkylation sites (tertiary alicyclic amines) is 2. The van der Waals surface area contributed by atoms with Gasteiger partial charge in [0.05, 0.1) is 11.8 Å². The van der Waals surface area contributed by atoms with Gasteiger partial charge in [0.25, 0.3) is 0 Å². The van der Waals surface area contributed by atoms with Gasteiger partial charge in [-0.2, -0.15) is 0 Å². The van der Waals surface area contributed by atoms with E-state index in [4.69, 9.17) is 0 Å². The highest BCUT2D eigenvalue weighted by Crippen LogP contribution is 2.29. The van der Waals surface area contributed by atoms with Gasteiger partial charge < -0.3 is 14.9 Å². The second kappa shape index (κ2) is 7.32. The van der Waals surface area contributed by atoms with Gasteiger partial charge in [-0.3, -0.25) is 14.4 Å². The lowest BCUT2D eigenvalue weighted by atomic mass is 9.94. The van der Waals surface area contributed by atoms with Crippen LogP contribution >= 0.6 is 0 Å². The quantitative estimate of drug-likeness (QED) is 0.852. The SMILES string of the molecule is CCC(C)C(=O)N1CCCC(C(=O)N2CCC(C(=O)O)C2C)C1. The zero-order valence-electron chi connectivity index (χ0n) is 14.3. The molecule has 0 aromatic heterocycles. The molecule has 23 heavy (non-hydrogen) atoms. The third kappa shape index (κ3) is 3.67. The molecule has 4 atom stereocenters. The van der Waals surface area contributed by atoms with E-state index in [1.54, 1.807) is 4.90 Å². The molecule has 0 aromatic rings. The van der Waals surface area contributed by atoms with Crippen LogP contribution in [-0.2, 0) is 14.4 Å². The van der Waals surface area contributed by atoms with E-state index in [1.807, 2.05) is 25.7 Å². The van der Waals surface area contributed by atoms with Crippen LogP contribution in [0.15, 0.2) is 0 Å². The summed E-state index contributed by atoms with van der Waals surface area (Å²) in [5.74, 6) is -1.35. The predicted molar refractivity (Wildman–Crippen MR) is 85.7 cm³/mol. The lowest BCUT2D eigenvalue weighted by Gasteiger charge is -2.36. The Morgan fingerprint density at radius 2 is 1.91 bits per heavy atom. The standard InChI is InChI=1S/C17H28N2O4/c1-4-11(2)15(20)18-8-5-6-13(10-18)16(21)19-9-7-14(12(19)3)17(22)23/h11-14H,4-10H2,1-3H3,(H,22,23). The Balaban J connectivity index is 2.00. The van der Waals surface area contributed by atoms with Crippen molar-refractivity contribution in [1.82, 2.24) is 9.80 Å². The molecular formula is C17H28N2O4. The van der Waals surface area contributed by atoms with Gasteiger partial charge in [0.2, 0.25) is 11.8 Å². The fourth-order valence-electron chi connectivity index (χ4n) is 3.68. The van der Waals surface area contributed by atoms with E-state index in [-0.39, 0.29) is 29.7 Å². The minimum absolute atomic E-state index is 0.00838. The van der Waals surface area contributed by atoms with Gasteiger partial charge in [-0.1, -0.05) is 13.8 Å². The Morgan fingerprint density at radius 1 is 1.22 bits per heavy atom. The maximum absolute atomic E-state index is 12.8. The molecule has 4 unspecified atom stereocenters. The van der Waals surface area contributed by atoms with E-state index in [9.17, 15) is 19.5 Å². The Morgan fingerprint density at radius 3 is 2.48 bits per heavy atom. The van der Waals surface area contributed by atoms with Crippen molar-refractivity contribution in [2.24, 2.45) is 17.8 Å². The summed E-state index contributed by atoms with van der Waals surface area (Å²) in [4.78, 5) is 39.9. The van der Waals surface area contributed by atoms with Gasteiger partial charge in [-0.25, -0.2) is 0 Å². The number of rotatable bonds is 4. The number of aliphatic carboxylic acids is 1. The maximum Gasteiger partial charge on any atom is 0.308 e. The van der Waals surface area contributed by atoms with E-state index >= 15 is 0 Å². The van der Waals surface area contributed by atoms with Gasteiger partial charge >= 0.3 is 5.97 Å². The van der Waals surface area contributed by atoms with Crippen LogP contribution in [0.2, 0.25) is 0 Å². The number of carboxylic acid groups (broad SMARTS) is 1. The van der Waals surface area contributed by atoms with E-state index in [0.29, 0.717) is 19.5 Å². The van der Waals surface area contributed by atoms with Crippen molar-refractivity contribution < 1.29 is 19.5 Å². The minimum atomic E-state index is -0.829. The van der Waals surface area contributed by atoms with Crippen molar-refractivity contribution >= 4 is 17.8 Å². The summed E-state index contributed by atoms with van der Waals surface area (Å²) in [5, 5.41) is 9.21. The molecule has 2 saturated heterocycles. The lowest BCUT2D eigenvalue weighted by molar-refractivity contribution is -0.144. The molecule has 0 spiro atoms. The normalized spacial score (nSPS) is 29.4. The van der Waals surface area contributed by atoms with Gasteiger partial charge in [-0.15, -0.1) is 0 Å². The van der Waals surface area contributed by atoms with Crippen LogP contribution in [0.1, 0.15) is 46.5 Å². The zero-order valence-corrected chi connectivity index (χ0v) is 14.3. The first kappa shape index (κ1) is 17.8. The molecule has 0 saturated carbocycles. The van der Waals surface area contributed by atoms with Crippen molar-refractivity contribution in [2.45, 2.75) is 52.5 Å². The minimum Gasteiger partial charge on any atom is -0.481 e. The fourth-order valence-corrected chi connectivity index (χ4v) is 3.68. The summed E-state index contributed by atoms with van der Waals surface area (Å²) in [5.41, 5.74) is 0. The molecular weight excluding hydrogens is 296 g/mol. The average molecular weight is 324 g/mol. The summed E-state index contributed by atoms with van der Waals surface area (Å²) in [6.07, 6.45) is 2.94. The van der Waals surface area contributed by atoms with Crippen molar-refractivity contribution in [3.05, 3.63) is 0 Å². The van der Waals surface area contributed by atoms with Crippen LogP contribution in [0.25, 0.3) is 0 Å². The molecule has 0 bridgehead atoms. The number of hydrogen-bond acceptors (Lipinski definition) is 3.